The van der Waals surface area contributed by atoms with E-state index in [1.165, 1.54) is 26.4 Å². The number of nitrogens with one attached hydrogen (secondary N) is 1. The highest BCUT2D eigenvalue weighted by Gasteiger charge is 2.51. The van der Waals surface area contributed by atoms with E-state index in [0.29, 0.717) is 18.6 Å². The lowest BCUT2D eigenvalue weighted by atomic mass is 9.85. The van der Waals surface area contributed by atoms with Crippen LogP contribution in [0.5, 0.6) is 0 Å². The number of ether oxygens (including phenoxy) is 2. The normalized spacial score (nSPS) is 29.8. The summed E-state index contributed by atoms with van der Waals surface area (Å²) < 4.78 is 11.1. The van der Waals surface area contributed by atoms with Crippen LogP contribution in [0.25, 0.3) is 0 Å². The van der Waals surface area contributed by atoms with Crippen molar-refractivity contribution in [1.82, 2.24) is 5.32 Å². The number of carbonyl (C=O) groups excluding carboxylic acids is 1. The second kappa shape index (κ2) is 6.90. The minimum absolute atomic E-state index is 0.176. The third-order valence-electron chi connectivity index (χ3n) is 5.13. The van der Waals surface area contributed by atoms with Gasteiger partial charge in [0, 0.05) is 0 Å². The summed E-state index contributed by atoms with van der Waals surface area (Å²) in [5.74, 6) is 0.979. The molecule has 0 heterocycles. The number of hydrogen-bond acceptors (Lipinski definition) is 4. The zero-order valence-electron chi connectivity index (χ0n) is 13.1. The van der Waals surface area contributed by atoms with Crippen LogP contribution in [0.3, 0.4) is 0 Å². The molecule has 2 aliphatic rings. The zero-order chi connectivity index (χ0) is 14.6. The summed E-state index contributed by atoms with van der Waals surface area (Å²) in [6.45, 7) is 2.70. The quantitative estimate of drug-likeness (QED) is 0.729. The zero-order valence-corrected chi connectivity index (χ0v) is 13.1. The molecule has 0 bridgehead atoms. The molecule has 2 saturated carbocycles. The standard InChI is InChI=1S/C16H29NO3/c1-4-12-6-5-7-14(10-12)20-11-16(17-2,13-8-9-13)15(18)19-3/h12-14,17H,4-11H2,1-3H3. The Bertz CT molecular complexity index is 330. The Balaban J connectivity index is 1.93. The third-order valence-corrected chi connectivity index (χ3v) is 5.13. The van der Waals surface area contributed by atoms with Crippen molar-refractivity contribution in [2.24, 2.45) is 11.8 Å². The van der Waals surface area contributed by atoms with Gasteiger partial charge in [0.2, 0.25) is 0 Å². The maximum Gasteiger partial charge on any atom is 0.328 e. The number of methoxy groups -OCH3 is 1. The number of rotatable bonds is 7. The molecule has 116 valence electrons. The van der Waals surface area contributed by atoms with Crippen molar-refractivity contribution in [2.45, 2.75) is 63.5 Å². The van der Waals surface area contributed by atoms with Gasteiger partial charge in [-0.1, -0.05) is 26.2 Å². The lowest BCUT2D eigenvalue weighted by molar-refractivity contribution is -0.154. The van der Waals surface area contributed by atoms with Gasteiger partial charge in [-0.3, -0.25) is 0 Å². The molecule has 3 unspecified atom stereocenters. The summed E-state index contributed by atoms with van der Waals surface area (Å²) in [4.78, 5) is 12.2. The van der Waals surface area contributed by atoms with Crippen LogP contribution in [0, 0.1) is 11.8 Å². The molecule has 0 spiro atoms. The van der Waals surface area contributed by atoms with Gasteiger partial charge in [-0.25, -0.2) is 4.79 Å². The number of likely N-dealkylation sites (N-methyl/N-ethyl adjacent to an activating group) is 1. The minimum Gasteiger partial charge on any atom is -0.468 e. The monoisotopic (exact) mass is 283 g/mol. The van der Waals surface area contributed by atoms with E-state index in [9.17, 15) is 4.79 Å². The van der Waals surface area contributed by atoms with Gasteiger partial charge in [-0.05, 0) is 44.6 Å². The second-order valence-electron chi connectivity index (χ2n) is 6.36. The van der Waals surface area contributed by atoms with Gasteiger partial charge in [-0.2, -0.15) is 0 Å². The van der Waals surface area contributed by atoms with Gasteiger partial charge >= 0.3 is 5.97 Å². The van der Waals surface area contributed by atoms with Gasteiger partial charge in [0.15, 0.2) is 0 Å². The predicted octanol–water partition coefficient (Wildman–Crippen LogP) is 2.51. The number of esters is 1. The van der Waals surface area contributed by atoms with Crippen molar-refractivity contribution in [1.29, 1.82) is 0 Å². The van der Waals surface area contributed by atoms with E-state index < -0.39 is 5.54 Å². The van der Waals surface area contributed by atoms with Gasteiger partial charge in [-0.15, -0.1) is 0 Å². The Morgan fingerprint density at radius 1 is 1.30 bits per heavy atom. The van der Waals surface area contributed by atoms with E-state index in [1.54, 1.807) is 0 Å². The van der Waals surface area contributed by atoms with Crippen molar-refractivity contribution < 1.29 is 14.3 Å². The first-order valence-corrected chi connectivity index (χ1v) is 8.05. The lowest BCUT2D eigenvalue weighted by Crippen LogP contribution is -2.57. The molecule has 0 aliphatic heterocycles. The lowest BCUT2D eigenvalue weighted by Gasteiger charge is -2.34. The summed E-state index contributed by atoms with van der Waals surface area (Å²) in [5.41, 5.74) is -0.631. The molecule has 2 fully saturated rings. The SMILES string of the molecule is CCC1CCCC(OCC(NC)(C(=O)OC)C2CC2)C1. The molecule has 0 aromatic carbocycles. The van der Waals surface area contributed by atoms with E-state index in [1.807, 2.05) is 7.05 Å². The molecular weight excluding hydrogens is 254 g/mol. The molecule has 3 atom stereocenters. The van der Waals surface area contributed by atoms with Crippen LogP contribution < -0.4 is 5.32 Å². The first-order chi connectivity index (χ1) is 9.66. The number of hydrogen-bond donors (Lipinski definition) is 1. The molecule has 0 saturated heterocycles. The topological polar surface area (TPSA) is 47.6 Å². The average molecular weight is 283 g/mol. The van der Waals surface area contributed by atoms with Crippen molar-refractivity contribution in [3.63, 3.8) is 0 Å². The first-order valence-electron chi connectivity index (χ1n) is 8.05. The third kappa shape index (κ3) is 3.34. The Kier molecular flexibility index (Phi) is 5.44. The Labute approximate surface area is 122 Å². The fraction of sp³-hybridized carbons (Fsp3) is 0.938. The van der Waals surface area contributed by atoms with Crippen molar-refractivity contribution in [2.75, 3.05) is 20.8 Å². The van der Waals surface area contributed by atoms with Crippen LogP contribution in [0.15, 0.2) is 0 Å². The molecule has 0 aromatic heterocycles. The van der Waals surface area contributed by atoms with Crippen LogP contribution >= 0.6 is 0 Å². The largest absolute Gasteiger partial charge is 0.468 e. The van der Waals surface area contributed by atoms with Crippen LogP contribution in [-0.2, 0) is 14.3 Å². The maximum absolute atomic E-state index is 12.2. The Hall–Kier alpha value is -0.610. The van der Waals surface area contributed by atoms with Crippen molar-refractivity contribution >= 4 is 5.97 Å². The fourth-order valence-corrected chi connectivity index (χ4v) is 3.49. The van der Waals surface area contributed by atoms with E-state index in [2.05, 4.69) is 12.2 Å². The second-order valence-corrected chi connectivity index (χ2v) is 6.36. The summed E-state index contributed by atoms with van der Waals surface area (Å²) in [7, 11) is 3.30. The highest BCUT2D eigenvalue weighted by Crippen LogP contribution is 2.41. The van der Waals surface area contributed by atoms with Gasteiger partial charge in [0.1, 0.15) is 5.54 Å². The smallest absolute Gasteiger partial charge is 0.328 e. The van der Waals surface area contributed by atoms with Crippen LogP contribution in [-0.4, -0.2) is 38.4 Å². The van der Waals surface area contributed by atoms with Crippen LogP contribution in [0.1, 0.15) is 51.9 Å². The van der Waals surface area contributed by atoms with E-state index in [0.717, 1.165) is 31.6 Å². The Morgan fingerprint density at radius 3 is 2.60 bits per heavy atom. The molecule has 20 heavy (non-hydrogen) atoms. The summed E-state index contributed by atoms with van der Waals surface area (Å²) in [6.07, 6.45) is 8.55. The minimum atomic E-state index is -0.631. The van der Waals surface area contributed by atoms with Gasteiger partial charge in [0.25, 0.3) is 0 Å². The number of carbonyl (C=O) groups is 1. The van der Waals surface area contributed by atoms with E-state index in [4.69, 9.17) is 9.47 Å². The van der Waals surface area contributed by atoms with E-state index in [-0.39, 0.29) is 5.97 Å². The molecule has 0 amide bonds. The molecule has 0 aromatic rings. The van der Waals surface area contributed by atoms with Gasteiger partial charge in [0.05, 0.1) is 19.8 Å². The predicted molar refractivity (Wildman–Crippen MR) is 78.5 cm³/mol. The highest BCUT2D eigenvalue weighted by molar-refractivity contribution is 5.82. The van der Waals surface area contributed by atoms with Crippen molar-refractivity contribution in [3.8, 4) is 0 Å². The Morgan fingerprint density at radius 2 is 2.05 bits per heavy atom. The first kappa shape index (κ1) is 15.8. The van der Waals surface area contributed by atoms with Crippen LogP contribution in [0.2, 0.25) is 0 Å². The summed E-state index contributed by atoms with van der Waals surface area (Å²) >= 11 is 0. The van der Waals surface area contributed by atoms with Crippen LogP contribution in [0.4, 0.5) is 0 Å². The molecule has 2 aliphatic carbocycles. The molecule has 4 heteroatoms. The summed E-state index contributed by atoms with van der Waals surface area (Å²) in [5, 5.41) is 3.19. The molecule has 1 N–H and O–H groups in total. The molecular formula is C16H29NO3. The average Bonchev–Trinajstić information content (AvgIpc) is 3.33. The molecule has 4 nitrogen and oxygen atoms in total. The van der Waals surface area contributed by atoms with Crippen molar-refractivity contribution in [3.05, 3.63) is 0 Å². The fourth-order valence-electron chi connectivity index (χ4n) is 3.49. The maximum atomic E-state index is 12.2. The molecule has 0 radical (unpaired) electrons. The van der Waals surface area contributed by atoms with E-state index >= 15 is 0 Å². The van der Waals surface area contributed by atoms with Gasteiger partial charge < -0.3 is 14.8 Å². The highest BCUT2D eigenvalue weighted by atomic mass is 16.5. The molecule has 2 rings (SSSR count). The summed E-state index contributed by atoms with van der Waals surface area (Å²) in [6, 6.07) is 0.